The van der Waals surface area contributed by atoms with E-state index in [2.05, 4.69) is 22.2 Å². The summed E-state index contributed by atoms with van der Waals surface area (Å²) in [6.45, 7) is 3.55. The van der Waals surface area contributed by atoms with E-state index in [1.807, 2.05) is 30.3 Å². The zero-order valence-electron chi connectivity index (χ0n) is 17.3. The number of pyridine rings is 1. The maximum absolute atomic E-state index is 12.9. The molecule has 1 N–H and O–H groups in total. The summed E-state index contributed by atoms with van der Waals surface area (Å²) in [5, 5.41) is 2.83. The number of nitrogens with one attached hydrogen (secondary N) is 1. The molecule has 3 aromatic rings. The molecule has 1 amide bonds. The molecule has 0 spiro atoms. The van der Waals surface area contributed by atoms with Gasteiger partial charge in [-0.1, -0.05) is 37.3 Å². The first kappa shape index (κ1) is 21.2. The third-order valence-electron chi connectivity index (χ3n) is 5.35. The van der Waals surface area contributed by atoms with Gasteiger partial charge >= 0.3 is 0 Å². The molecule has 3 heterocycles. The molecule has 0 aliphatic carbocycles. The van der Waals surface area contributed by atoms with Gasteiger partial charge in [0.1, 0.15) is 22.7 Å². The summed E-state index contributed by atoms with van der Waals surface area (Å²) in [7, 11) is -3.55. The fraction of sp³-hybridized carbons (Fsp3) is 0.318. The number of hydrogen-bond acceptors (Lipinski definition) is 5. The molecule has 0 saturated carbocycles. The molecule has 4 rings (SSSR count). The minimum absolute atomic E-state index is 0.172. The van der Waals surface area contributed by atoms with E-state index in [1.165, 1.54) is 16.8 Å². The third kappa shape index (κ3) is 4.83. The Hall–Kier alpha value is -3.04. The van der Waals surface area contributed by atoms with Crippen LogP contribution in [0.1, 0.15) is 35.8 Å². The van der Waals surface area contributed by atoms with Gasteiger partial charge in [-0.05, 0) is 36.5 Å². The van der Waals surface area contributed by atoms with Crippen LogP contribution in [0.25, 0.3) is 5.82 Å². The zero-order valence-corrected chi connectivity index (χ0v) is 18.1. The highest BCUT2D eigenvalue weighted by molar-refractivity contribution is 7.89. The topological polar surface area (TPSA) is 97.2 Å². The van der Waals surface area contributed by atoms with E-state index < -0.39 is 10.0 Å². The molecule has 8 nitrogen and oxygen atoms in total. The van der Waals surface area contributed by atoms with Crippen LogP contribution in [0.4, 0.5) is 0 Å². The van der Waals surface area contributed by atoms with Gasteiger partial charge in [-0.25, -0.2) is 18.4 Å². The van der Waals surface area contributed by atoms with Gasteiger partial charge in [0.05, 0.1) is 0 Å². The highest BCUT2D eigenvalue weighted by Gasteiger charge is 2.28. The van der Waals surface area contributed by atoms with Gasteiger partial charge in [-0.15, -0.1) is 0 Å². The molecule has 0 unspecified atom stereocenters. The Labute approximate surface area is 182 Å². The number of imidazole rings is 1. The molecule has 1 aromatic carbocycles. The molecule has 1 aliphatic heterocycles. The van der Waals surface area contributed by atoms with Crippen molar-refractivity contribution < 1.29 is 13.2 Å². The predicted molar refractivity (Wildman–Crippen MR) is 116 cm³/mol. The van der Waals surface area contributed by atoms with Crippen LogP contribution < -0.4 is 5.32 Å². The maximum atomic E-state index is 12.9. The molecule has 0 bridgehead atoms. The molecule has 1 saturated heterocycles. The Morgan fingerprint density at radius 3 is 2.68 bits per heavy atom. The van der Waals surface area contributed by atoms with Crippen LogP contribution in [0.3, 0.4) is 0 Å². The van der Waals surface area contributed by atoms with Crippen molar-refractivity contribution in [2.24, 2.45) is 5.92 Å². The van der Waals surface area contributed by atoms with Gasteiger partial charge in [0.2, 0.25) is 10.0 Å². The fourth-order valence-electron chi connectivity index (χ4n) is 3.63. The molecule has 31 heavy (non-hydrogen) atoms. The van der Waals surface area contributed by atoms with Crippen molar-refractivity contribution in [3.8, 4) is 5.82 Å². The Kier molecular flexibility index (Phi) is 6.15. The maximum Gasteiger partial charge on any atom is 0.271 e. The number of rotatable bonds is 6. The number of aromatic nitrogens is 3. The van der Waals surface area contributed by atoms with Crippen molar-refractivity contribution in [2.45, 2.75) is 31.2 Å². The highest BCUT2D eigenvalue weighted by atomic mass is 32.2. The van der Waals surface area contributed by atoms with Gasteiger partial charge in [-0.2, -0.15) is 4.31 Å². The molecular weight excluding hydrogens is 414 g/mol. The quantitative estimate of drug-likeness (QED) is 0.637. The Balaban J connectivity index is 1.44. The summed E-state index contributed by atoms with van der Waals surface area (Å²) in [5.41, 5.74) is 1.26. The zero-order chi connectivity index (χ0) is 21.8. The normalized spacial score (nSPS) is 17.4. The number of carbonyl (C=O) groups excluding carboxylic acids is 1. The summed E-state index contributed by atoms with van der Waals surface area (Å²) in [6.07, 6.45) is 6.34. The van der Waals surface area contributed by atoms with Gasteiger partial charge < -0.3 is 5.32 Å². The minimum Gasteiger partial charge on any atom is -0.347 e. The van der Waals surface area contributed by atoms with Crippen molar-refractivity contribution in [1.82, 2.24) is 24.2 Å². The van der Waals surface area contributed by atoms with Crippen LogP contribution in [0.5, 0.6) is 0 Å². The lowest BCUT2D eigenvalue weighted by Crippen LogP contribution is -2.39. The van der Waals surface area contributed by atoms with Crippen molar-refractivity contribution in [1.29, 1.82) is 0 Å². The van der Waals surface area contributed by atoms with Crippen LogP contribution in [0.15, 0.2) is 66.1 Å². The van der Waals surface area contributed by atoms with E-state index in [-0.39, 0.29) is 16.5 Å². The van der Waals surface area contributed by atoms with E-state index in [1.54, 1.807) is 22.9 Å². The van der Waals surface area contributed by atoms with E-state index in [9.17, 15) is 13.2 Å². The molecule has 1 fully saturated rings. The molecule has 9 heteroatoms. The van der Waals surface area contributed by atoms with Crippen molar-refractivity contribution in [3.05, 3.63) is 72.4 Å². The van der Waals surface area contributed by atoms with Gasteiger partial charge in [0, 0.05) is 32.0 Å². The minimum atomic E-state index is -3.55. The molecule has 1 atom stereocenters. The molecule has 2 aromatic heterocycles. The first-order chi connectivity index (χ1) is 14.9. The number of amides is 1. The number of hydrogen-bond donors (Lipinski definition) is 1. The number of carbonyl (C=O) groups is 1. The number of benzene rings is 1. The lowest BCUT2D eigenvalue weighted by atomic mass is 10.0. The van der Waals surface area contributed by atoms with Crippen molar-refractivity contribution in [3.63, 3.8) is 0 Å². The van der Waals surface area contributed by atoms with Crippen LogP contribution >= 0.6 is 0 Å². The highest BCUT2D eigenvalue weighted by Crippen LogP contribution is 2.23. The largest absolute Gasteiger partial charge is 0.347 e. The second kappa shape index (κ2) is 8.99. The summed E-state index contributed by atoms with van der Waals surface area (Å²) < 4.78 is 28.9. The molecule has 162 valence electrons. The summed E-state index contributed by atoms with van der Waals surface area (Å²) in [5.74, 6) is 0.551. The average Bonchev–Trinajstić information content (AvgIpc) is 3.29. The summed E-state index contributed by atoms with van der Waals surface area (Å²) in [6, 6.07) is 12.8. The monoisotopic (exact) mass is 439 g/mol. The van der Waals surface area contributed by atoms with Gasteiger partial charge in [0.15, 0.2) is 0 Å². The Morgan fingerprint density at radius 2 is 1.97 bits per heavy atom. The lowest BCUT2D eigenvalue weighted by Gasteiger charge is -2.29. The van der Waals surface area contributed by atoms with Crippen LogP contribution in [0, 0.1) is 5.92 Å². The molecular formula is C22H25N5O3S. The van der Waals surface area contributed by atoms with Crippen LogP contribution in [-0.2, 0) is 16.6 Å². The third-order valence-corrected chi connectivity index (χ3v) is 7.20. The molecule has 0 radical (unpaired) electrons. The summed E-state index contributed by atoms with van der Waals surface area (Å²) in [4.78, 5) is 21.0. The first-order valence-corrected chi connectivity index (χ1v) is 11.7. The average molecular weight is 440 g/mol. The fourth-order valence-corrected chi connectivity index (χ4v) is 5.17. The van der Waals surface area contributed by atoms with E-state index >= 15 is 0 Å². The van der Waals surface area contributed by atoms with Crippen LogP contribution in [-0.4, -0.2) is 46.3 Å². The smallest absolute Gasteiger partial charge is 0.271 e. The standard InChI is InChI=1S/C22H25N5O3S/c1-17-6-5-11-27(14-17)31(29,30)19-9-10-21(23-13-19)26-15-20(25-16-26)22(28)24-12-18-7-3-2-4-8-18/h2-4,7-10,13,15-17H,5-6,11-12,14H2,1H3,(H,24,28)/t17-/m1/s1. The van der Waals surface area contributed by atoms with Crippen molar-refractivity contribution in [2.75, 3.05) is 13.1 Å². The number of nitrogens with zero attached hydrogens (tertiary/aromatic N) is 4. The SMILES string of the molecule is C[C@@H]1CCCN(S(=O)(=O)c2ccc(-n3cnc(C(=O)NCc4ccccc4)c3)nc2)C1. The van der Waals surface area contributed by atoms with Crippen molar-refractivity contribution >= 4 is 15.9 Å². The Morgan fingerprint density at radius 1 is 1.16 bits per heavy atom. The first-order valence-electron chi connectivity index (χ1n) is 10.3. The second-order valence-corrected chi connectivity index (χ2v) is 9.73. The second-order valence-electron chi connectivity index (χ2n) is 7.80. The number of sulfonamides is 1. The molecule has 1 aliphatic rings. The van der Waals surface area contributed by atoms with E-state index in [4.69, 9.17) is 0 Å². The van der Waals surface area contributed by atoms with E-state index in [0.29, 0.717) is 31.4 Å². The van der Waals surface area contributed by atoms with E-state index in [0.717, 1.165) is 18.4 Å². The van der Waals surface area contributed by atoms with Crippen LogP contribution in [0.2, 0.25) is 0 Å². The van der Waals surface area contributed by atoms with Gasteiger partial charge in [-0.3, -0.25) is 9.36 Å². The van der Waals surface area contributed by atoms with Gasteiger partial charge in [0.25, 0.3) is 5.91 Å². The Bertz CT molecular complexity index is 1140. The number of piperidine rings is 1. The predicted octanol–water partition coefficient (Wildman–Crippen LogP) is 2.62. The lowest BCUT2D eigenvalue weighted by molar-refractivity contribution is 0.0946. The summed E-state index contributed by atoms with van der Waals surface area (Å²) >= 11 is 0.